The van der Waals surface area contributed by atoms with Gasteiger partial charge in [0.05, 0.1) is 0 Å². The normalized spacial score (nSPS) is 16.4. The quantitative estimate of drug-likeness (QED) is 0.883. The molecule has 2 rings (SSSR count). The first-order chi connectivity index (χ1) is 9.24. The Morgan fingerprint density at radius 2 is 2.00 bits per heavy atom. The van der Waals surface area contributed by atoms with Crippen LogP contribution in [-0.2, 0) is 0 Å². The third-order valence-electron chi connectivity index (χ3n) is 4.06. The molecule has 1 aromatic heterocycles. The zero-order valence-corrected chi connectivity index (χ0v) is 12.4. The Morgan fingerprint density at radius 3 is 2.68 bits per heavy atom. The summed E-state index contributed by atoms with van der Waals surface area (Å²) in [6, 6.07) is 0.640. The Kier molecular flexibility index (Phi) is 5.00. The molecule has 106 valence electrons. The third kappa shape index (κ3) is 3.37. The van der Waals surface area contributed by atoms with Crippen molar-refractivity contribution in [2.45, 2.75) is 58.4 Å². The minimum Gasteiger partial charge on any atom is -0.370 e. The Hall–Kier alpha value is -1.32. The van der Waals surface area contributed by atoms with Gasteiger partial charge in [-0.05, 0) is 26.2 Å². The number of anilines is 2. The van der Waals surface area contributed by atoms with Gasteiger partial charge in [-0.2, -0.15) is 0 Å². The van der Waals surface area contributed by atoms with Gasteiger partial charge in [0.15, 0.2) is 0 Å². The highest BCUT2D eigenvalue weighted by molar-refractivity contribution is 5.58. The van der Waals surface area contributed by atoms with E-state index in [1.807, 2.05) is 0 Å². The SMILES string of the molecule is CCCNc1ncnc(N(C)C2CCCCC2)c1C. The van der Waals surface area contributed by atoms with Crippen molar-refractivity contribution in [3.8, 4) is 0 Å². The van der Waals surface area contributed by atoms with Crippen LogP contribution >= 0.6 is 0 Å². The van der Waals surface area contributed by atoms with Crippen LogP contribution in [0.5, 0.6) is 0 Å². The predicted octanol–water partition coefficient (Wildman–Crippen LogP) is 3.38. The van der Waals surface area contributed by atoms with E-state index in [4.69, 9.17) is 0 Å². The van der Waals surface area contributed by atoms with Gasteiger partial charge in [0, 0.05) is 25.2 Å². The summed E-state index contributed by atoms with van der Waals surface area (Å²) in [7, 11) is 2.18. The van der Waals surface area contributed by atoms with Crippen molar-refractivity contribution in [2.24, 2.45) is 0 Å². The van der Waals surface area contributed by atoms with Crippen LogP contribution in [0.15, 0.2) is 6.33 Å². The third-order valence-corrected chi connectivity index (χ3v) is 4.06. The molecule has 0 bridgehead atoms. The van der Waals surface area contributed by atoms with Crippen molar-refractivity contribution in [2.75, 3.05) is 23.8 Å². The first-order valence-corrected chi connectivity index (χ1v) is 7.52. The number of hydrogen-bond acceptors (Lipinski definition) is 4. The van der Waals surface area contributed by atoms with E-state index in [2.05, 4.69) is 41.1 Å². The average Bonchev–Trinajstić information content (AvgIpc) is 2.46. The molecule has 0 unspecified atom stereocenters. The van der Waals surface area contributed by atoms with E-state index >= 15 is 0 Å². The van der Waals surface area contributed by atoms with Crippen molar-refractivity contribution in [1.82, 2.24) is 9.97 Å². The predicted molar refractivity (Wildman–Crippen MR) is 80.8 cm³/mol. The highest BCUT2D eigenvalue weighted by Gasteiger charge is 2.21. The fourth-order valence-corrected chi connectivity index (χ4v) is 2.86. The van der Waals surface area contributed by atoms with Crippen LogP contribution in [0, 0.1) is 6.92 Å². The van der Waals surface area contributed by atoms with E-state index in [1.54, 1.807) is 6.33 Å². The Morgan fingerprint density at radius 1 is 1.26 bits per heavy atom. The second-order valence-corrected chi connectivity index (χ2v) is 5.50. The summed E-state index contributed by atoms with van der Waals surface area (Å²) in [4.78, 5) is 11.2. The second kappa shape index (κ2) is 6.73. The maximum atomic E-state index is 4.50. The number of hydrogen-bond donors (Lipinski definition) is 1. The lowest BCUT2D eigenvalue weighted by Gasteiger charge is -2.33. The molecule has 1 heterocycles. The van der Waals surface area contributed by atoms with E-state index in [0.717, 1.165) is 24.6 Å². The fraction of sp³-hybridized carbons (Fsp3) is 0.733. The topological polar surface area (TPSA) is 41.1 Å². The van der Waals surface area contributed by atoms with Crippen LogP contribution in [-0.4, -0.2) is 29.6 Å². The van der Waals surface area contributed by atoms with Crippen LogP contribution in [0.4, 0.5) is 11.6 Å². The highest BCUT2D eigenvalue weighted by Crippen LogP contribution is 2.28. The number of aromatic nitrogens is 2. The smallest absolute Gasteiger partial charge is 0.137 e. The largest absolute Gasteiger partial charge is 0.370 e. The standard InChI is InChI=1S/C15H26N4/c1-4-10-16-14-12(2)15(18-11-17-14)19(3)13-8-6-5-7-9-13/h11,13H,4-10H2,1-3H3,(H,16,17,18). The molecule has 4 nitrogen and oxygen atoms in total. The van der Waals surface area contributed by atoms with Gasteiger partial charge >= 0.3 is 0 Å². The molecular weight excluding hydrogens is 236 g/mol. The lowest BCUT2D eigenvalue weighted by atomic mass is 9.94. The summed E-state index contributed by atoms with van der Waals surface area (Å²) in [6.45, 7) is 5.25. The van der Waals surface area contributed by atoms with Gasteiger partial charge in [-0.15, -0.1) is 0 Å². The van der Waals surface area contributed by atoms with E-state index < -0.39 is 0 Å². The van der Waals surface area contributed by atoms with E-state index in [-0.39, 0.29) is 0 Å². The van der Waals surface area contributed by atoms with Crippen LogP contribution in [0.2, 0.25) is 0 Å². The minimum atomic E-state index is 0.640. The Bertz CT molecular complexity index is 399. The molecule has 0 radical (unpaired) electrons. The van der Waals surface area contributed by atoms with Crippen LogP contribution in [0.25, 0.3) is 0 Å². The molecule has 1 fully saturated rings. The molecule has 0 aliphatic heterocycles. The van der Waals surface area contributed by atoms with E-state index in [0.29, 0.717) is 6.04 Å². The average molecular weight is 262 g/mol. The molecule has 0 amide bonds. The lowest BCUT2D eigenvalue weighted by molar-refractivity contribution is 0.425. The molecule has 0 saturated heterocycles. The number of nitrogens with zero attached hydrogens (tertiary/aromatic N) is 3. The molecule has 4 heteroatoms. The zero-order chi connectivity index (χ0) is 13.7. The first-order valence-electron chi connectivity index (χ1n) is 7.52. The Balaban J connectivity index is 2.14. The summed E-state index contributed by atoms with van der Waals surface area (Å²) in [5.74, 6) is 2.06. The first kappa shape index (κ1) is 14.1. The molecule has 1 aliphatic carbocycles. The Labute approximate surface area is 116 Å². The summed E-state index contributed by atoms with van der Waals surface area (Å²) >= 11 is 0. The van der Waals surface area contributed by atoms with Crippen molar-refractivity contribution in [1.29, 1.82) is 0 Å². The van der Waals surface area contributed by atoms with Crippen molar-refractivity contribution >= 4 is 11.6 Å². The molecule has 1 saturated carbocycles. The maximum Gasteiger partial charge on any atom is 0.137 e. The van der Waals surface area contributed by atoms with Crippen molar-refractivity contribution in [3.05, 3.63) is 11.9 Å². The van der Waals surface area contributed by atoms with Gasteiger partial charge < -0.3 is 10.2 Å². The molecule has 0 spiro atoms. The number of rotatable bonds is 5. The molecule has 0 atom stereocenters. The van der Waals surface area contributed by atoms with Crippen LogP contribution < -0.4 is 10.2 Å². The molecule has 1 aromatic rings. The highest BCUT2D eigenvalue weighted by atomic mass is 15.2. The maximum absolute atomic E-state index is 4.50. The molecule has 1 N–H and O–H groups in total. The molecule has 1 aliphatic rings. The fourth-order valence-electron chi connectivity index (χ4n) is 2.86. The van der Waals surface area contributed by atoms with Gasteiger partial charge in [-0.25, -0.2) is 9.97 Å². The number of nitrogens with one attached hydrogen (secondary N) is 1. The summed E-state index contributed by atoms with van der Waals surface area (Å²) in [6.07, 6.45) is 9.45. The minimum absolute atomic E-state index is 0.640. The molecular formula is C15H26N4. The zero-order valence-electron chi connectivity index (χ0n) is 12.4. The van der Waals surface area contributed by atoms with Crippen LogP contribution in [0.1, 0.15) is 51.0 Å². The van der Waals surface area contributed by atoms with Crippen molar-refractivity contribution < 1.29 is 0 Å². The molecule has 0 aromatic carbocycles. The van der Waals surface area contributed by atoms with E-state index in [1.165, 1.54) is 37.7 Å². The second-order valence-electron chi connectivity index (χ2n) is 5.50. The monoisotopic (exact) mass is 262 g/mol. The molecule has 19 heavy (non-hydrogen) atoms. The summed E-state index contributed by atoms with van der Waals surface area (Å²) in [5.41, 5.74) is 1.17. The van der Waals surface area contributed by atoms with Crippen molar-refractivity contribution in [3.63, 3.8) is 0 Å². The van der Waals surface area contributed by atoms with Crippen LogP contribution in [0.3, 0.4) is 0 Å². The summed E-state index contributed by atoms with van der Waals surface area (Å²) < 4.78 is 0. The van der Waals surface area contributed by atoms with Gasteiger partial charge in [-0.3, -0.25) is 0 Å². The van der Waals surface area contributed by atoms with Gasteiger partial charge in [-0.1, -0.05) is 26.2 Å². The lowest BCUT2D eigenvalue weighted by Crippen LogP contribution is -2.34. The summed E-state index contributed by atoms with van der Waals surface area (Å²) in [5, 5.41) is 3.38. The van der Waals surface area contributed by atoms with Gasteiger partial charge in [0.25, 0.3) is 0 Å². The van der Waals surface area contributed by atoms with E-state index in [9.17, 15) is 0 Å². The van der Waals surface area contributed by atoms with Gasteiger partial charge in [0.2, 0.25) is 0 Å². The van der Waals surface area contributed by atoms with Gasteiger partial charge in [0.1, 0.15) is 18.0 Å².